The van der Waals surface area contributed by atoms with Crippen LogP contribution in [-0.2, 0) is 9.59 Å². The molecule has 2 aliphatic heterocycles. The summed E-state index contributed by atoms with van der Waals surface area (Å²) in [4.78, 5) is 38.1. The lowest BCUT2D eigenvalue weighted by Gasteiger charge is -2.33. The number of likely N-dealkylation sites (tertiary alicyclic amines) is 1. The Balaban J connectivity index is 1.26. The maximum atomic E-state index is 12.5. The lowest BCUT2D eigenvalue weighted by Crippen LogP contribution is -2.48. The number of piperidine rings is 1. The van der Waals surface area contributed by atoms with Gasteiger partial charge in [-0.2, -0.15) is 0 Å². The van der Waals surface area contributed by atoms with Gasteiger partial charge in [-0.05, 0) is 31.2 Å². The molecule has 0 spiro atoms. The zero-order chi connectivity index (χ0) is 18.8. The summed E-state index contributed by atoms with van der Waals surface area (Å²) >= 11 is 1.58. The second-order valence-electron chi connectivity index (χ2n) is 7.28. The summed E-state index contributed by atoms with van der Waals surface area (Å²) in [5.41, 5.74) is 0.736. The summed E-state index contributed by atoms with van der Waals surface area (Å²) in [6, 6.07) is 7.58. The van der Waals surface area contributed by atoms with Crippen molar-refractivity contribution in [1.29, 1.82) is 0 Å². The third-order valence-electron chi connectivity index (χ3n) is 5.50. The van der Waals surface area contributed by atoms with Crippen molar-refractivity contribution >= 4 is 39.1 Å². The molecule has 27 heavy (non-hydrogen) atoms. The van der Waals surface area contributed by atoms with Crippen LogP contribution in [0.1, 0.15) is 36.0 Å². The standard InChI is InChI=1S/C20H23N3O3S/c24-18-6-5-16(22-18)20(26)23-9-7-13(8-10-23)11-21-19(25)15-12-27-17-4-2-1-3-14(15)17/h1-4,12-13,16H,5-11H2,(H,21,25)(H,22,24). The van der Waals surface area contributed by atoms with E-state index in [4.69, 9.17) is 0 Å². The van der Waals surface area contributed by atoms with E-state index in [-0.39, 0.29) is 23.8 Å². The van der Waals surface area contributed by atoms with E-state index >= 15 is 0 Å². The first-order chi connectivity index (χ1) is 13.1. The molecule has 0 bridgehead atoms. The molecule has 1 aromatic heterocycles. The Hall–Kier alpha value is -2.41. The molecule has 4 rings (SSSR count). The highest BCUT2D eigenvalue weighted by Crippen LogP contribution is 2.26. The summed E-state index contributed by atoms with van der Waals surface area (Å²) in [6.45, 7) is 2.01. The van der Waals surface area contributed by atoms with Gasteiger partial charge in [0.1, 0.15) is 6.04 Å². The van der Waals surface area contributed by atoms with Gasteiger partial charge < -0.3 is 15.5 Å². The van der Waals surface area contributed by atoms with Gasteiger partial charge >= 0.3 is 0 Å². The van der Waals surface area contributed by atoms with Crippen molar-refractivity contribution in [3.8, 4) is 0 Å². The molecule has 0 aliphatic carbocycles. The second kappa shape index (κ2) is 7.68. The van der Waals surface area contributed by atoms with Crippen LogP contribution in [0.3, 0.4) is 0 Å². The van der Waals surface area contributed by atoms with Crippen LogP contribution in [-0.4, -0.2) is 48.3 Å². The minimum absolute atomic E-state index is 0.0281. The molecule has 2 saturated heterocycles. The number of carbonyl (C=O) groups excluding carboxylic acids is 3. The molecule has 3 heterocycles. The number of rotatable bonds is 4. The molecule has 1 unspecified atom stereocenters. The minimum Gasteiger partial charge on any atom is -0.352 e. The fraction of sp³-hybridized carbons (Fsp3) is 0.450. The van der Waals surface area contributed by atoms with Crippen LogP contribution in [0, 0.1) is 5.92 Å². The number of nitrogens with one attached hydrogen (secondary N) is 2. The highest BCUT2D eigenvalue weighted by atomic mass is 32.1. The third kappa shape index (κ3) is 3.83. The molecule has 2 N–H and O–H groups in total. The van der Waals surface area contributed by atoms with Crippen LogP contribution in [0.25, 0.3) is 10.1 Å². The topological polar surface area (TPSA) is 78.5 Å². The number of benzene rings is 1. The molecule has 6 nitrogen and oxygen atoms in total. The van der Waals surface area contributed by atoms with E-state index in [1.165, 1.54) is 0 Å². The van der Waals surface area contributed by atoms with Crippen molar-refractivity contribution in [2.75, 3.05) is 19.6 Å². The first kappa shape index (κ1) is 18.0. The number of hydrogen-bond donors (Lipinski definition) is 2. The van der Waals surface area contributed by atoms with Gasteiger partial charge in [-0.3, -0.25) is 14.4 Å². The molecule has 1 atom stereocenters. The van der Waals surface area contributed by atoms with Crippen molar-refractivity contribution in [3.05, 3.63) is 35.2 Å². The Kier molecular flexibility index (Phi) is 5.11. The van der Waals surface area contributed by atoms with Crippen molar-refractivity contribution in [1.82, 2.24) is 15.5 Å². The Morgan fingerprint density at radius 3 is 2.70 bits per heavy atom. The van der Waals surface area contributed by atoms with Crippen LogP contribution in [0.15, 0.2) is 29.6 Å². The van der Waals surface area contributed by atoms with Gasteiger partial charge in [0.2, 0.25) is 11.8 Å². The van der Waals surface area contributed by atoms with E-state index < -0.39 is 0 Å². The zero-order valence-corrected chi connectivity index (χ0v) is 15.9. The second-order valence-corrected chi connectivity index (χ2v) is 8.19. The smallest absolute Gasteiger partial charge is 0.252 e. The number of thiophene rings is 1. The van der Waals surface area contributed by atoms with Gasteiger partial charge in [0.15, 0.2) is 0 Å². The van der Waals surface area contributed by atoms with E-state index in [1.54, 1.807) is 11.3 Å². The number of fused-ring (bicyclic) bond motifs is 1. The molecular formula is C20H23N3O3S. The predicted octanol–water partition coefficient (Wildman–Crippen LogP) is 2.15. The number of carbonyl (C=O) groups is 3. The lowest BCUT2D eigenvalue weighted by molar-refractivity contribution is -0.135. The van der Waals surface area contributed by atoms with E-state index in [2.05, 4.69) is 10.6 Å². The van der Waals surface area contributed by atoms with E-state index in [0.717, 1.165) is 28.5 Å². The van der Waals surface area contributed by atoms with Crippen LogP contribution >= 0.6 is 11.3 Å². The van der Waals surface area contributed by atoms with E-state index in [1.807, 2.05) is 34.5 Å². The zero-order valence-electron chi connectivity index (χ0n) is 15.1. The minimum atomic E-state index is -0.347. The SMILES string of the molecule is O=C1CCC(C(=O)N2CCC(CNC(=O)c3csc4ccccc34)CC2)N1. The Morgan fingerprint density at radius 1 is 1.19 bits per heavy atom. The van der Waals surface area contributed by atoms with Crippen LogP contribution in [0.5, 0.6) is 0 Å². The van der Waals surface area contributed by atoms with Gasteiger partial charge in [0.25, 0.3) is 5.91 Å². The summed E-state index contributed by atoms with van der Waals surface area (Å²) in [5, 5.41) is 8.72. The quantitative estimate of drug-likeness (QED) is 0.846. The van der Waals surface area contributed by atoms with Crippen molar-refractivity contribution in [2.24, 2.45) is 5.92 Å². The summed E-state index contributed by atoms with van der Waals surface area (Å²) in [7, 11) is 0. The van der Waals surface area contributed by atoms with E-state index in [9.17, 15) is 14.4 Å². The Bertz CT molecular complexity index is 870. The molecule has 0 radical (unpaired) electrons. The third-order valence-corrected chi connectivity index (χ3v) is 6.46. The molecule has 3 amide bonds. The van der Waals surface area contributed by atoms with Crippen molar-refractivity contribution in [2.45, 2.75) is 31.7 Å². The molecule has 2 aromatic rings. The fourth-order valence-electron chi connectivity index (χ4n) is 3.86. The average Bonchev–Trinajstić information content (AvgIpc) is 3.32. The normalized spacial score (nSPS) is 20.7. The molecule has 1 aromatic carbocycles. The molecule has 7 heteroatoms. The lowest BCUT2D eigenvalue weighted by atomic mass is 9.96. The highest BCUT2D eigenvalue weighted by Gasteiger charge is 2.32. The molecule has 142 valence electrons. The maximum Gasteiger partial charge on any atom is 0.252 e. The highest BCUT2D eigenvalue weighted by molar-refractivity contribution is 7.17. The van der Waals surface area contributed by atoms with Crippen LogP contribution in [0.2, 0.25) is 0 Å². The number of nitrogens with zero attached hydrogens (tertiary/aromatic N) is 1. The van der Waals surface area contributed by atoms with Gasteiger partial charge in [-0.15, -0.1) is 11.3 Å². The average molecular weight is 385 g/mol. The number of amides is 3. The summed E-state index contributed by atoms with van der Waals surface area (Å²) in [5.74, 6) is 0.348. The predicted molar refractivity (Wildman–Crippen MR) is 105 cm³/mol. The van der Waals surface area contributed by atoms with Gasteiger partial charge in [-0.25, -0.2) is 0 Å². The molecular weight excluding hydrogens is 362 g/mol. The first-order valence-corrected chi connectivity index (χ1v) is 10.3. The van der Waals surface area contributed by atoms with Gasteiger partial charge in [0.05, 0.1) is 5.56 Å². The number of hydrogen-bond acceptors (Lipinski definition) is 4. The first-order valence-electron chi connectivity index (χ1n) is 9.44. The molecule has 0 saturated carbocycles. The Labute approximate surface area is 161 Å². The monoisotopic (exact) mass is 385 g/mol. The fourth-order valence-corrected chi connectivity index (χ4v) is 4.80. The van der Waals surface area contributed by atoms with Gasteiger partial charge in [-0.1, -0.05) is 18.2 Å². The summed E-state index contributed by atoms with van der Waals surface area (Å²) < 4.78 is 1.12. The van der Waals surface area contributed by atoms with Crippen molar-refractivity contribution in [3.63, 3.8) is 0 Å². The van der Waals surface area contributed by atoms with E-state index in [0.29, 0.717) is 38.4 Å². The molecule has 2 aliphatic rings. The van der Waals surface area contributed by atoms with Crippen LogP contribution in [0.4, 0.5) is 0 Å². The summed E-state index contributed by atoms with van der Waals surface area (Å²) in [6.07, 6.45) is 2.78. The maximum absolute atomic E-state index is 12.5. The molecule has 2 fully saturated rings. The van der Waals surface area contributed by atoms with Crippen molar-refractivity contribution < 1.29 is 14.4 Å². The van der Waals surface area contributed by atoms with Gasteiger partial charge in [0, 0.05) is 41.5 Å². The van der Waals surface area contributed by atoms with Crippen LogP contribution < -0.4 is 10.6 Å². The Morgan fingerprint density at radius 2 is 1.96 bits per heavy atom. The largest absolute Gasteiger partial charge is 0.352 e.